The molecule has 0 saturated carbocycles. The third-order valence-electron chi connectivity index (χ3n) is 2.76. The largest absolute Gasteiger partial charge is 0.478 e. The number of benzene rings is 1. The Kier molecular flexibility index (Phi) is 3.93. The Hall–Kier alpha value is -2.83. The monoisotopic (exact) mass is 292 g/mol. The number of aryl methyl sites for hydroxylation is 1. The molecule has 0 bridgehead atoms. The van der Waals surface area contributed by atoms with Gasteiger partial charge in [-0.2, -0.15) is 0 Å². The van der Waals surface area contributed by atoms with Gasteiger partial charge in [-0.1, -0.05) is 6.07 Å². The van der Waals surface area contributed by atoms with Crippen LogP contribution in [0.15, 0.2) is 30.5 Å². The van der Waals surface area contributed by atoms with Crippen molar-refractivity contribution in [1.82, 2.24) is 4.98 Å². The van der Waals surface area contributed by atoms with Gasteiger partial charge in [0, 0.05) is 11.8 Å². The van der Waals surface area contributed by atoms with Crippen LogP contribution in [0.2, 0.25) is 0 Å². The van der Waals surface area contributed by atoms with Gasteiger partial charge in [-0.3, -0.25) is 4.79 Å². The molecule has 1 amide bonds. The normalized spacial score (nSPS) is 10.2. The highest BCUT2D eigenvalue weighted by Gasteiger charge is 2.15. The molecule has 0 radical (unpaired) electrons. The Labute approximate surface area is 118 Å². The Morgan fingerprint density at radius 1 is 1.24 bits per heavy atom. The van der Waals surface area contributed by atoms with Crippen LogP contribution in [0.4, 0.5) is 14.6 Å². The van der Waals surface area contributed by atoms with Crippen molar-refractivity contribution in [3.63, 3.8) is 0 Å². The second-order valence-corrected chi connectivity index (χ2v) is 4.27. The standard InChI is InChI=1S/C14H10F2N2O3/c1-7-2-3-9(15)5-10(7)13(19)18-12-11(16)4-8(6-17-12)14(20)21/h2-6H,1H3,(H,20,21)(H,17,18,19). The smallest absolute Gasteiger partial charge is 0.337 e. The molecule has 1 aromatic carbocycles. The fourth-order valence-electron chi connectivity index (χ4n) is 1.66. The van der Waals surface area contributed by atoms with Crippen LogP contribution in [0.5, 0.6) is 0 Å². The van der Waals surface area contributed by atoms with Crippen molar-refractivity contribution in [3.8, 4) is 0 Å². The molecular formula is C14H10F2N2O3. The number of pyridine rings is 1. The average Bonchev–Trinajstić information content (AvgIpc) is 2.43. The van der Waals surface area contributed by atoms with Crippen LogP contribution >= 0.6 is 0 Å². The first-order valence-corrected chi connectivity index (χ1v) is 5.85. The number of hydrogen-bond donors (Lipinski definition) is 2. The van der Waals surface area contributed by atoms with Gasteiger partial charge in [-0.05, 0) is 30.7 Å². The number of aromatic nitrogens is 1. The Morgan fingerprint density at radius 3 is 2.57 bits per heavy atom. The van der Waals surface area contributed by atoms with E-state index in [1.165, 1.54) is 12.1 Å². The molecule has 7 heteroatoms. The maximum atomic E-state index is 13.7. The molecule has 2 N–H and O–H groups in total. The van der Waals surface area contributed by atoms with E-state index in [9.17, 15) is 18.4 Å². The Bertz CT molecular complexity index is 732. The lowest BCUT2D eigenvalue weighted by molar-refractivity contribution is 0.0695. The summed E-state index contributed by atoms with van der Waals surface area (Å²) in [5, 5.41) is 10.9. The summed E-state index contributed by atoms with van der Waals surface area (Å²) in [5.74, 6) is -4.08. The molecule has 0 unspecified atom stereocenters. The molecule has 5 nitrogen and oxygen atoms in total. The third kappa shape index (κ3) is 3.19. The number of rotatable bonds is 3. The van der Waals surface area contributed by atoms with E-state index in [4.69, 9.17) is 5.11 Å². The van der Waals surface area contributed by atoms with Crippen molar-refractivity contribution < 1.29 is 23.5 Å². The molecule has 2 aromatic rings. The maximum absolute atomic E-state index is 13.7. The first-order valence-electron chi connectivity index (χ1n) is 5.85. The molecule has 2 rings (SSSR count). The first kappa shape index (κ1) is 14.6. The number of carbonyl (C=O) groups excluding carboxylic acids is 1. The SMILES string of the molecule is Cc1ccc(F)cc1C(=O)Nc1ncc(C(=O)O)cc1F. The Morgan fingerprint density at radius 2 is 1.95 bits per heavy atom. The highest BCUT2D eigenvalue weighted by Crippen LogP contribution is 2.16. The lowest BCUT2D eigenvalue weighted by atomic mass is 10.1. The van der Waals surface area contributed by atoms with Gasteiger partial charge in [0.15, 0.2) is 11.6 Å². The second kappa shape index (κ2) is 5.66. The van der Waals surface area contributed by atoms with Crippen molar-refractivity contribution >= 4 is 17.7 Å². The maximum Gasteiger partial charge on any atom is 0.337 e. The van der Waals surface area contributed by atoms with E-state index in [-0.39, 0.29) is 11.1 Å². The first-order chi connectivity index (χ1) is 9.88. The van der Waals surface area contributed by atoms with Crippen LogP contribution in [0.25, 0.3) is 0 Å². The molecule has 108 valence electrons. The van der Waals surface area contributed by atoms with E-state index in [1.54, 1.807) is 6.92 Å². The summed E-state index contributed by atoms with van der Waals surface area (Å²) in [5.41, 5.74) is 0.211. The molecule has 0 atom stereocenters. The van der Waals surface area contributed by atoms with E-state index < -0.39 is 29.3 Å². The average molecular weight is 292 g/mol. The molecular weight excluding hydrogens is 282 g/mol. The number of anilines is 1. The van der Waals surface area contributed by atoms with Gasteiger partial charge < -0.3 is 10.4 Å². The van der Waals surface area contributed by atoms with Gasteiger partial charge in [0.25, 0.3) is 5.91 Å². The molecule has 21 heavy (non-hydrogen) atoms. The van der Waals surface area contributed by atoms with Gasteiger partial charge in [0.1, 0.15) is 5.82 Å². The molecule has 1 heterocycles. The van der Waals surface area contributed by atoms with Gasteiger partial charge in [-0.15, -0.1) is 0 Å². The predicted molar refractivity (Wildman–Crippen MR) is 70.2 cm³/mol. The number of amides is 1. The second-order valence-electron chi connectivity index (χ2n) is 4.27. The predicted octanol–water partition coefficient (Wildman–Crippen LogP) is 2.62. The van der Waals surface area contributed by atoms with Crippen LogP contribution in [0, 0.1) is 18.6 Å². The lowest BCUT2D eigenvalue weighted by Gasteiger charge is -2.08. The van der Waals surface area contributed by atoms with Crippen molar-refractivity contribution in [1.29, 1.82) is 0 Å². The molecule has 0 spiro atoms. The van der Waals surface area contributed by atoms with Crippen LogP contribution in [0.3, 0.4) is 0 Å². The topological polar surface area (TPSA) is 79.3 Å². The minimum absolute atomic E-state index is 0.0403. The zero-order valence-corrected chi connectivity index (χ0v) is 10.9. The number of nitrogens with zero attached hydrogens (tertiary/aromatic N) is 1. The fraction of sp³-hybridized carbons (Fsp3) is 0.0714. The number of nitrogens with one attached hydrogen (secondary N) is 1. The molecule has 0 fully saturated rings. The van der Waals surface area contributed by atoms with E-state index >= 15 is 0 Å². The van der Waals surface area contributed by atoms with Gasteiger partial charge in [0.2, 0.25) is 0 Å². The van der Waals surface area contributed by atoms with Gasteiger partial charge >= 0.3 is 5.97 Å². The van der Waals surface area contributed by atoms with E-state index in [1.807, 2.05) is 0 Å². The molecule has 0 aliphatic heterocycles. The fourth-order valence-corrected chi connectivity index (χ4v) is 1.66. The van der Waals surface area contributed by atoms with Gasteiger partial charge in [0.05, 0.1) is 5.56 Å². The van der Waals surface area contributed by atoms with Gasteiger partial charge in [-0.25, -0.2) is 18.6 Å². The van der Waals surface area contributed by atoms with Crippen molar-refractivity contribution in [2.24, 2.45) is 0 Å². The van der Waals surface area contributed by atoms with Crippen LogP contribution in [-0.4, -0.2) is 22.0 Å². The number of carbonyl (C=O) groups is 2. The van der Waals surface area contributed by atoms with Crippen molar-refractivity contribution in [2.75, 3.05) is 5.32 Å². The van der Waals surface area contributed by atoms with Crippen molar-refractivity contribution in [2.45, 2.75) is 6.92 Å². The quantitative estimate of drug-likeness (QED) is 0.911. The molecule has 0 aliphatic carbocycles. The van der Waals surface area contributed by atoms with Crippen LogP contribution < -0.4 is 5.32 Å². The molecule has 0 aliphatic rings. The number of halogens is 2. The zero-order valence-electron chi connectivity index (χ0n) is 10.9. The van der Waals surface area contributed by atoms with E-state index in [2.05, 4.69) is 10.3 Å². The Balaban J connectivity index is 2.27. The molecule has 0 saturated heterocycles. The van der Waals surface area contributed by atoms with E-state index in [0.717, 1.165) is 18.3 Å². The summed E-state index contributed by atoms with van der Waals surface area (Å²) in [4.78, 5) is 26.1. The summed E-state index contributed by atoms with van der Waals surface area (Å²) >= 11 is 0. The van der Waals surface area contributed by atoms with Crippen molar-refractivity contribution in [3.05, 3.63) is 58.8 Å². The third-order valence-corrected chi connectivity index (χ3v) is 2.76. The number of aromatic carboxylic acids is 1. The summed E-state index contributed by atoms with van der Waals surface area (Å²) in [6.45, 7) is 1.60. The summed E-state index contributed by atoms with van der Waals surface area (Å²) in [6, 6.07) is 4.38. The minimum Gasteiger partial charge on any atom is -0.478 e. The van der Waals surface area contributed by atoms with Crippen LogP contribution in [0.1, 0.15) is 26.3 Å². The summed E-state index contributed by atoms with van der Waals surface area (Å²) < 4.78 is 26.8. The highest BCUT2D eigenvalue weighted by molar-refractivity contribution is 6.05. The number of hydrogen-bond acceptors (Lipinski definition) is 3. The van der Waals surface area contributed by atoms with E-state index in [0.29, 0.717) is 5.56 Å². The highest BCUT2D eigenvalue weighted by atomic mass is 19.1. The minimum atomic E-state index is -1.33. The summed E-state index contributed by atoms with van der Waals surface area (Å²) in [6.07, 6.45) is 0.916. The zero-order chi connectivity index (χ0) is 15.6. The lowest BCUT2D eigenvalue weighted by Crippen LogP contribution is -2.16. The van der Waals surface area contributed by atoms with Crippen LogP contribution in [-0.2, 0) is 0 Å². The number of carboxylic acids is 1. The molecule has 1 aromatic heterocycles. The number of carboxylic acid groups (broad SMARTS) is 1. The summed E-state index contributed by atoms with van der Waals surface area (Å²) in [7, 11) is 0.